The van der Waals surface area contributed by atoms with Crippen LogP contribution < -0.4 is 30.1 Å². The number of carbonyl (C=O) groups excluding carboxylic acids is 1. The molecule has 2 aliphatic carbocycles. The summed E-state index contributed by atoms with van der Waals surface area (Å²) in [5, 5.41) is 26.8. The Balaban J connectivity index is 0.867. The quantitative estimate of drug-likeness (QED) is 0.0624. The van der Waals surface area contributed by atoms with Crippen LogP contribution in [0.2, 0.25) is 0 Å². The first-order chi connectivity index (χ1) is 32.6. The first kappa shape index (κ1) is 45.8. The molecular weight excluding hydrogens is 889 g/mol. The van der Waals surface area contributed by atoms with E-state index in [1.165, 1.54) is 23.3 Å². The number of nitro groups is 1. The number of aromatic nitrogens is 2. The van der Waals surface area contributed by atoms with Crippen LogP contribution in [-0.2, 0) is 14.8 Å². The van der Waals surface area contributed by atoms with Crippen LogP contribution in [0.25, 0.3) is 11.0 Å². The summed E-state index contributed by atoms with van der Waals surface area (Å²) in [7, 11) is -4.70. The third kappa shape index (κ3) is 8.94. The monoisotopic (exact) mass is 948 g/mol. The lowest BCUT2D eigenvalue weighted by atomic mass is 9.59. The first-order valence-corrected chi connectivity index (χ1v) is 25.3. The molecule has 2 saturated carbocycles. The average molecular weight is 949 g/mol. The molecule has 0 bridgehead atoms. The maximum Gasteiger partial charge on any atom is 0.297 e. The Morgan fingerprint density at radius 1 is 1.01 bits per heavy atom. The van der Waals surface area contributed by atoms with Crippen LogP contribution in [0.5, 0.6) is 17.2 Å². The fourth-order valence-electron chi connectivity index (χ4n) is 11.3. The number of nitrogens with zero attached hydrogens (tertiary/aromatic N) is 4. The van der Waals surface area contributed by atoms with E-state index >= 15 is 0 Å². The number of carbonyl (C=O) groups is 1. The number of nitrogens with one attached hydrogen (secondary N) is 3. The van der Waals surface area contributed by atoms with Crippen molar-refractivity contribution in [3.05, 3.63) is 99.7 Å². The summed E-state index contributed by atoms with van der Waals surface area (Å²) >= 11 is 0. The van der Waals surface area contributed by atoms with Crippen molar-refractivity contribution >= 4 is 49.8 Å². The van der Waals surface area contributed by atoms with Crippen LogP contribution >= 0.6 is 0 Å². The molecule has 6 N–H and O–H groups in total. The van der Waals surface area contributed by atoms with Gasteiger partial charge in [0.15, 0.2) is 23.0 Å². The van der Waals surface area contributed by atoms with E-state index in [1.807, 2.05) is 6.07 Å². The fraction of sp³-hybridized carbons (Fsp3) is 0.480. The summed E-state index contributed by atoms with van der Waals surface area (Å²) in [5.41, 5.74) is 9.39. The molecular formula is C50H60N8O9S. The zero-order chi connectivity index (χ0) is 47.5. The molecule has 2 atom stereocenters. The topological polar surface area (TPSA) is 228 Å². The van der Waals surface area contributed by atoms with Gasteiger partial charge < -0.3 is 40.3 Å². The van der Waals surface area contributed by atoms with Crippen molar-refractivity contribution in [2.45, 2.75) is 107 Å². The SMILES string of the molecule is CC(C)c1ccccc1[C@H]1COCCN1C1CC2(CCN(c3ccc(C(=O)NS(=O)(=O)c4cc5c(c([N+](=O)[O-])c4)N[C@@H]([C@H]4CC[C@](C)(O)CC4)CO5)c(Oc4cc5cc[nH]c5nc4N)c3)CC2)C1. The Morgan fingerprint density at radius 2 is 1.78 bits per heavy atom. The molecule has 3 aromatic carbocycles. The van der Waals surface area contributed by atoms with E-state index in [0.717, 1.165) is 69.1 Å². The Labute approximate surface area is 395 Å². The number of rotatable bonds is 11. The van der Waals surface area contributed by atoms with Crippen LogP contribution in [0, 0.1) is 21.4 Å². The van der Waals surface area contributed by atoms with Crippen molar-refractivity contribution in [3.8, 4) is 17.2 Å². The van der Waals surface area contributed by atoms with E-state index in [0.29, 0.717) is 49.9 Å². The van der Waals surface area contributed by atoms with E-state index in [9.17, 15) is 28.4 Å². The molecule has 0 unspecified atom stereocenters. The fourth-order valence-corrected chi connectivity index (χ4v) is 12.3. The van der Waals surface area contributed by atoms with Crippen LogP contribution in [0.3, 0.4) is 0 Å². The lowest BCUT2D eigenvalue weighted by Gasteiger charge is -2.57. The molecule has 5 heterocycles. The standard InChI is InChI=1S/C50H60N8O9S/c1-30(2)36-6-4-5-7-37(36)41-29-65-21-20-57(41)34-26-50(27-34)15-18-56(19-16-50)33-8-9-38(42(23-33)67-44-22-32-12-17-52-47(32)54-46(44)51)48(59)55-68(63,64)35-24-40(58(61)62)45-43(25-35)66-28-39(53-45)31-10-13-49(3,60)14-11-31/h4-9,12,17,22-25,30-31,34,39,41,53,60H,10-11,13-16,18-21,26-29H2,1-3H3,(H,55,59)(H3,51,52,54)/t31-,39-,41-,49-/m1/s1. The molecule has 1 spiro atoms. The number of amides is 1. The van der Waals surface area contributed by atoms with Crippen LogP contribution in [0.4, 0.5) is 22.9 Å². The van der Waals surface area contributed by atoms with Crippen molar-refractivity contribution in [1.82, 2.24) is 19.6 Å². The van der Waals surface area contributed by atoms with Crippen molar-refractivity contribution in [2.75, 3.05) is 55.4 Å². The molecule has 5 aromatic rings. The highest BCUT2D eigenvalue weighted by atomic mass is 32.2. The molecule has 0 radical (unpaired) electrons. The Hall–Kier alpha value is -5.95. The number of nitrogens with two attached hydrogens (primary N) is 1. The average Bonchev–Trinajstić information content (AvgIpc) is 3.77. The molecule has 5 aliphatic rings. The number of fused-ring (bicyclic) bond motifs is 2. The maximum atomic E-state index is 14.2. The minimum Gasteiger partial charge on any atom is -0.489 e. The number of hydrogen-bond acceptors (Lipinski definition) is 14. The molecule has 1 amide bonds. The predicted octanol–water partition coefficient (Wildman–Crippen LogP) is 8.02. The number of piperidine rings is 1. The van der Waals surface area contributed by atoms with Gasteiger partial charge in [-0.05, 0) is 111 Å². The summed E-state index contributed by atoms with van der Waals surface area (Å²) in [5.74, 6) is -0.209. The van der Waals surface area contributed by atoms with Gasteiger partial charge in [-0.1, -0.05) is 38.1 Å². The second-order valence-corrected chi connectivity index (χ2v) is 21.8. The highest BCUT2D eigenvalue weighted by Crippen LogP contribution is 2.53. The highest BCUT2D eigenvalue weighted by Gasteiger charge is 2.50. The summed E-state index contributed by atoms with van der Waals surface area (Å²) < 4.78 is 48.6. The number of ether oxygens (including phenoxy) is 3. The van der Waals surface area contributed by atoms with Crippen LogP contribution in [0.15, 0.2) is 77.8 Å². The Kier molecular flexibility index (Phi) is 12.0. The number of aromatic amines is 1. The number of H-pyrrole nitrogens is 1. The second kappa shape index (κ2) is 17.9. The van der Waals surface area contributed by atoms with Gasteiger partial charge in [-0.15, -0.1) is 0 Å². The highest BCUT2D eigenvalue weighted by molar-refractivity contribution is 7.90. The van der Waals surface area contributed by atoms with E-state index < -0.39 is 37.0 Å². The Bertz CT molecular complexity index is 2840. The molecule has 18 heteroatoms. The van der Waals surface area contributed by atoms with Gasteiger partial charge in [0.05, 0.1) is 46.3 Å². The predicted molar refractivity (Wildman–Crippen MR) is 258 cm³/mol. The zero-order valence-electron chi connectivity index (χ0n) is 38.7. The first-order valence-electron chi connectivity index (χ1n) is 23.8. The number of nitrogen functional groups attached to an aromatic ring is 1. The maximum absolute atomic E-state index is 14.2. The van der Waals surface area contributed by atoms with Gasteiger partial charge >= 0.3 is 0 Å². The Morgan fingerprint density at radius 3 is 2.53 bits per heavy atom. The lowest BCUT2D eigenvalue weighted by Crippen LogP contribution is -2.58. The molecule has 4 fully saturated rings. The molecule has 17 nitrogen and oxygen atoms in total. The van der Waals surface area contributed by atoms with Gasteiger partial charge in [0.1, 0.15) is 18.0 Å². The van der Waals surface area contributed by atoms with Crippen molar-refractivity contribution in [1.29, 1.82) is 0 Å². The summed E-state index contributed by atoms with van der Waals surface area (Å²) in [4.78, 5) is 37.8. The molecule has 3 aliphatic heterocycles. The van der Waals surface area contributed by atoms with Crippen LogP contribution in [-0.4, -0.2) is 96.4 Å². The largest absolute Gasteiger partial charge is 0.489 e. The normalized spacial score (nSPS) is 24.2. The molecule has 360 valence electrons. The van der Waals surface area contributed by atoms with Gasteiger partial charge in [0.25, 0.3) is 21.6 Å². The van der Waals surface area contributed by atoms with Gasteiger partial charge in [-0.25, -0.2) is 18.1 Å². The van der Waals surface area contributed by atoms with E-state index in [1.54, 1.807) is 31.3 Å². The summed E-state index contributed by atoms with van der Waals surface area (Å²) in [6, 6.07) is 19.9. The second-order valence-electron chi connectivity index (χ2n) is 20.1. The zero-order valence-corrected chi connectivity index (χ0v) is 39.5. The number of morpholine rings is 1. The molecule has 2 saturated heterocycles. The van der Waals surface area contributed by atoms with Crippen molar-refractivity contribution in [3.63, 3.8) is 0 Å². The summed E-state index contributed by atoms with van der Waals surface area (Å²) in [6.45, 7) is 10.4. The van der Waals surface area contributed by atoms with Crippen molar-refractivity contribution < 1.29 is 37.5 Å². The number of anilines is 3. The number of benzene rings is 3. The summed E-state index contributed by atoms with van der Waals surface area (Å²) in [6.07, 6.45) is 8.55. The number of nitro benzene ring substituents is 1. The van der Waals surface area contributed by atoms with Gasteiger partial charge in [0.2, 0.25) is 0 Å². The molecule has 68 heavy (non-hydrogen) atoms. The third-order valence-electron chi connectivity index (χ3n) is 15.3. The van der Waals surface area contributed by atoms with Crippen molar-refractivity contribution in [2.24, 2.45) is 11.3 Å². The lowest BCUT2D eigenvalue weighted by molar-refractivity contribution is -0.384. The van der Waals surface area contributed by atoms with E-state index in [2.05, 4.69) is 67.9 Å². The van der Waals surface area contributed by atoms with E-state index in [4.69, 9.17) is 19.9 Å². The number of hydrogen-bond donors (Lipinski definition) is 5. The van der Waals surface area contributed by atoms with Gasteiger partial charge in [-0.2, -0.15) is 0 Å². The van der Waals surface area contributed by atoms with E-state index in [-0.39, 0.29) is 64.3 Å². The van der Waals surface area contributed by atoms with Crippen LogP contribution in [0.1, 0.15) is 106 Å². The number of sulfonamides is 1. The van der Waals surface area contributed by atoms with Gasteiger partial charge in [-0.3, -0.25) is 19.8 Å². The molecule has 2 aromatic heterocycles. The van der Waals surface area contributed by atoms with Gasteiger partial charge in [0, 0.05) is 61.1 Å². The minimum atomic E-state index is -4.70. The minimum absolute atomic E-state index is 0.0129. The third-order valence-corrected chi connectivity index (χ3v) is 16.6. The number of pyridine rings is 1. The number of aliphatic hydroxyl groups is 1. The molecule has 10 rings (SSSR count). The smallest absolute Gasteiger partial charge is 0.297 e.